The second-order valence-corrected chi connectivity index (χ2v) is 9.00. The summed E-state index contributed by atoms with van der Waals surface area (Å²) in [5.41, 5.74) is 3.58. The van der Waals surface area contributed by atoms with Crippen LogP contribution >= 0.6 is 23.4 Å². The van der Waals surface area contributed by atoms with E-state index >= 15 is 0 Å². The van der Waals surface area contributed by atoms with Crippen LogP contribution in [0.3, 0.4) is 0 Å². The number of fused-ring (bicyclic) bond motifs is 1. The molecule has 0 fully saturated rings. The Kier molecular flexibility index (Phi) is 7.29. The molecule has 2 heterocycles. The van der Waals surface area contributed by atoms with Gasteiger partial charge in [-0.15, -0.1) is 0 Å². The molecule has 34 heavy (non-hydrogen) atoms. The van der Waals surface area contributed by atoms with E-state index in [4.69, 9.17) is 21.1 Å². The van der Waals surface area contributed by atoms with E-state index in [9.17, 15) is 9.59 Å². The minimum atomic E-state index is -0.383. The number of ether oxygens (including phenoxy) is 2. The predicted octanol–water partition coefficient (Wildman–Crippen LogP) is 5.43. The van der Waals surface area contributed by atoms with Crippen LogP contribution in [0.5, 0.6) is 5.75 Å². The molecule has 0 aromatic heterocycles. The summed E-state index contributed by atoms with van der Waals surface area (Å²) < 4.78 is 11.0. The van der Waals surface area contributed by atoms with Crippen LogP contribution in [0.25, 0.3) is 0 Å². The highest BCUT2D eigenvalue weighted by molar-refractivity contribution is 8.16. The fraction of sp³-hybridized carbons (Fsp3) is 0.240. The van der Waals surface area contributed by atoms with Crippen molar-refractivity contribution in [1.29, 1.82) is 0 Å². The summed E-state index contributed by atoms with van der Waals surface area (Å²) in [7, 11) is 0. The number of nitrogens with one attached hydrogen (secondary N) is 1. The quantitative estimate of drug-likeness (QED) is 0.513. The van der Waals surface area contributed by atoms with Crippen LogP contribution in [0.4, 0.5) is 5.69 Å². The Bertz CT molecular complexity index is 1210. The van der Waals surface area contributed by atoms with Crippen molar-refractivity contribution < 1.29 is 19.1 Å². The van der Waals surface area contributed by atoms with Crippen LogP contribution in [-0.2, 0) is 14.3 Å². The van der Waals surface area contributed by atoms with E-state index < -0.39 is 0 Å². The maximum Gasteiger partial charge on any atom is 0.338 e. The summed E-state index contributed by atoms with van der Waals surface area (Å²) in [6.07, 6.45) is 1.91. The van der Waals surface area contributed by atoms with Crippen LogP contribution < -0.4 is 10.1 Å². The predicted molar refractivity (Wildman–Crippen MR) is 135 cm³/mol. The second kappa shape index (κ2) is 10.4. The van der Waals surface area contributed by atoms with E-state index in [1.54, 1.807) is 31.2 Å². The lowest BCUT2D eigenvalue weighted by atomic mass is 9.95. The number of esters is 1. The van der Waals surface area contributed by atoms with Gasteiger partial charge in [0.15, 0.2) is 11.8 Å². The van der Waals surface area contributed by atoms with Crippen molar-refractivity contribution >= 4 is 46.1 Å². The van der Waals surface area contributed by atoms with Crippen molar-refractivity contribution in [3.63, 3.8) is 0 Å². The molecule has 2 aromatic carbocycles. The average molecular weight is 498 g/mol. The number of nitrogens with zero attached hydrogens (tertiary/aromatic N) is 2. The van der Waals surface area contributed by atoms with Gasteiger partial charge in [-0.3, -0.25) is 4.79 Å². The standard InChI is InChI=1S/C25H24ClN3O4S/c1-4-32-24(31)22-16(3)27-25-29(11-12-34-25)23(22)17-6-9-19(10-7-17)33-14-21(30)28-20-13-18(26)8-5-15(20)2/h5-13,23H,4,14H2,1-3H3,(H,28,30)/t23-/m1/s1. The van der Waals surface area contributed by atoms with Gasteiger partial charge in [-0.05, 0) is 61.6 Å². The fourth-order valence-electron chi connectivity index (χ4n) is 3.71. The topological polar surface area (TPSA) is 80.2 Å². The molecular weight excluding hydrogens is 474 g/mol. The second-order valence-electron chi connectivity index (χ2n) is 7.69. The zero-order valence-corrected chi connectivity index (χ0v) is 20.6. The molecule has 176 valence electrons. The van der Waals surface area contributed by atoms with Gasteiger partial charge in [-0.1, -0.05) is 41.6 Å². The fourth-order valence-corrected chi connectivity index (χ4v) is 4.67. The number of hydrogen-bond donors (Lipinski definition) is 1. The number of carbonyl (C=O) groups is 2. The number of carbonyl (C=O) groups excluding carboxylic acids is 2. The van der Waals surface area contributed by atoms with E-state index in [-0.39, 0.29) is 31.1 Å². The SMILES string of the molecule is CCOC(=O)C1=C(C)N=C2SC=CN2[C@@H]1c1ccc(OCC(=O)Nc2cc(Cl)ccc2C)cc1. The molecule has 2 aromatic rings. The normalized spacial score (nSPS) is 16.8. The molecular formula is C25H24ClN3O4S. The van der Waals surface area contributed by atoms with Crippen molar-refractivity contribution in [1.82, 2.24) is 4.90 Å². The third-order valence-electron chi connectivity index (χ3n) is 5.36. The zero-order valence-electron chi connectivity index (χ0n) is 19.0. The van der Waals surface area contributed by atoms with Gasteiger partial charge in [0.1, 0.15) is 5.75 Å². The summed E-state index contributed by atoms with van der Waals surface area (Å²) >= 11 is 7.52. The summed E-state index contributed by atoms with van der Waals surface area (Å²) in [4.78, 5) is 31.6. The van der Waals surface area contributed by atoms with E-state index in [2.05, 4.69) is 10.3 Å². The van der Waals surface area contributed by atoms with Gasteiger partial charge in [-0.25, -0.2) is 9.79 Å². The summed E-state index contributed by atoms with van der Waals surface area (Å²) in [5.74, 6) is -0.132. The minimum Gasteiger partial charge on any atom is -0.484 e. The number of hydrogen-bond acceptors (Lipinski definition) is 7. The zero-order chi connectivity index (χ0) is 24.2. The smallest absolute Gasteiger partial charge is 0.338 e. The Labute approximate surface area is 207 Å². The molecule has 7 nitrogen and oxygen atoms in total. The van der Waals surface area contributed by atoms with Crippen molar-refractivity contribution in [2.75, 3.05) is 18.5 Å². The molecule has 2 aliphatic heterocycles. The van der Waals surface area contributed by atoms with Gasteiger partial charge >= 0.3 is 5.97 Å². The summed E-state index contributed by atoms with van der Waals surface area (Å²) in [6, 6.07) is 12.3. The average Bonchev–Trinajstić information content (AvgIpc) is 3.27. The number of benzene rings is 2. The van der Waals surface area contributed by atoms with Crippen molar-refractivity contribution in [3.8, 4) is 5.75 Å². The van der Waals surface area contributed by atoms with Crippen molar-refractivity contribution in [3.05, 3.63) is 81.5 Å². The Morgan fingerprint density at radius 2 is 1.94 bits per heavy atom. The minimum absolute atomic E-state index is 0.149. The molecule has 0 saturated heterocycles. The number of aryl methyl sites for hydroxylation is 1. The summed E-state index contributed by atoms with van der Waals surface area (Å²) in [5, 5.41) is 6.10. The van der Waals surface area contributed by atoms with Crippen LogP contribution in [0.15, 0.2) is 70.3 Å². The van der Waals surface area contributed by atoms with Crippen LogP contribution in [0.1, 0.15) is 31.0 Å². The third-order valence-corrected chi connectivity index (χ3v) is 6.36. The maximum atomic E-state index is 12.7. The number of rotatable bonds is 7. The molecule has 1 N–H and O–H groups in total. The van der Waals surface area contributed by atoms with Crippen LogP contribution in [-0.4, -0.2) is 35.2 Å². The van der Waals surface area contributed by atoms with E-state index in [1.807, 2.05) is 48.6 Å². The lowest BCUT2D eigenvalue weighted by molar-refractivity contribution is -0.139. The Morgan fingerprint density at radius 1 is 1.18 bits per heavy atom. The molecule has 4 rings (SSSR count). The first-order valence-electron chi connectivity index (χ1n) is 10.7. The lowest BCUT2D eigenvalue weighted by Crippen LogP contribution is -2.34. The van der Waals surface area contributed by atoms with E-state index in [1.165, 1.54) is 11.8 Å². The Hall–Kier alpha value is -3.23. The molecule has 0 saturated carbocycles. The monoisotopic (exact) mass is 497 g/mol. The van der Waals surface area contributed by atoms with Crippen LogP contribution in [0.2, 0.25) is 5.02 Å². The van der Waals surface area contributed by atoms with Gasteiger partial charge in [0.2, 0.25) is 0 Å². The van der Waals surface area contributed by atoms with Gasteiger partial charge in [-0.2, -0.15) is 0 Å². The highest BCUT2D eigenvalue weighted by atomic mass is 35.5. The van der Waals surface area contributed by atoms with E-state index in [0.29, 0.717) is 27.7 Å². The first kappa shape index (κ1) is 23.9. The third kappa shape index (κ3) is 5.13. The molecule has 0 spiro atoms. The highest BCUT2D eigenvalue weighted by Crippen LogP contribution is 2.41. The number of allylic oxidation sites excluding steroid dienone is 1. The molecule has 0 unspecified atom stereocenters. The number of amides is 1. The van der Waals surface area contributed by atoms with Crippen molar-refractivity contribution in [2.45, 2.75) is 26.8 Å². The largest absolute Gasteiger partial charge is 0.484 e. The van der Waals surface area contributed by atoms with Gasteiger partial charge < -0.3 is 19.7 Å². The Balaban J connectivity index is 1.47. The van der Waals surface area contributed by atoms with Crippen molar-refractivity contribution in [2.24, 2.45) is 4.99 Å². The molecule has 0 bridgehead atoms. The Morgan fingerprint density at radius 3 is 2.68 bits per heavy atom. The van der Waals surface area contributed by atoms with Gasteiger partial charge in [0.25, 0.3) is 5.91 Å². The molecule has 9 heteroatoms. The first-order chi connectivity index (χ1) is 16.4. The van der Waals surface area contributed by atoms with Gasteiger partial charge in [0, 0.05) is 16.9 Å². The van der Waals surface area contributed by atoms with Crippen LogP contribution in [0, 0.1) is 6.92 Å². The molecule has 1 atom stereocenters. The first-order valence-corrected chi connectivity index (χ1v) is 12.0. The number of thioether (sulfide) groups is 1. The number of anilines is 1. The molecule has 0 aliphatic carbocycles. The van der Waals surface area contributed by atoms with E-state index in [0.717, 1.165) is 16.3 Å². The summed E-state index contributed by atoms with van der Waals surface area (Å²) in [6.45, 7) is 5.63. The lowest BCUT2D eigenvalue weighted by Gasteiger charge is -2.33. The molecule has 0 radical (unpaired) electrons. The number of aliphatic imine (C=N–C) groups is 1. The molecule has 1 amide bonds. The molecule has 2 aliphatic rings. The number of amidine groups is 1. The highest BCUT2D eigenvalue weighted by Gasteiger charge is 2.37. The number of halogens is 1. The van der Waals surface area contributed by atoms with Gasteiger partial charge in [0.05, 0.1) is 23.9 Å². The maximum absolute atomic E-state index is 12.7.